The number of hydrogen-bond acceptors (Lipinski definition) is 3. The number of ether oxygens (including phenoxy) is 1. The highest BCUT2D eigenvalue weighted by molar-refractivity contribution is 9.10. The van der Waals surface area contributed by atoms with E-state index in [0.717, 1.165) is 19.8 Å². The highest BCUT2D eigenvalue weighted by atomic mass is 79.9. The van der Waals surface area contributed by atoms with Crippen LogP contribution in [0.5, 0.6) is 5.75 Å². The van der Waals surface area contributed by atoms with Gasteiger partial charge in [0.2, 0.25) is 0 Å². The van der Waals surface area contributed by atoms with Crippen molar-refractivity contribution >= 4 is 27.3 Å². The summed E-state index contributed by atoms with van der Waals surface area (Å²) in [5.41, 5.74) is 6.88. The van der Waals surface area contributed by atoms with Crippen molar-refractivity contribution < 1.29 is 9.13 Å². The van der Waals surface area contributed by atoms with Crippen LogP contribution in [0.25, 0.3) is 0 Å². The first-order valence-corrected chi connectivity index (χ1v) is 6.98. The molecule has 0 aliphatic carbocycles. The molecule has 1 heterocycles. The van der Waals surface area contributed by atoms with Crippen molar-refractivity contribution in [2.75, 3.05) is 7.11 Å². The normalized spacial score (nSPS) is 12.5. The molecule has 1 aromatic carbocycles. The van der Waals surface area contributed by atoms with Gasteiger partial charge in [0.25, 0.3) is 0 Å². The van der Waals surface area contributed by atoms with E-state index in [1.807, 2.05) is 13.0 Å². The molecule has 0 aliphatic rings. The van der Waals surface area contributed by atoms with E-state index in [4.69, 9.17) is 10.5 Å². The molecule has 2 rings (SSSR count). The second kappa shape index (κ2) is 5.38. The number of halogens is 2. The van der Waals surface area contributed by atoms with E-state index >= 15 is 0 Å². The maximum absolute atomic E-state index is 13.6. The quantitative estimate of drug-likeness (QED) is 0.923. The Morgan fingerprint density at radius 2 is 2.11 bits per heavy atom. The zero-order valence-electron chi connectivity index (χ0n) is 10.0. The summed E-state index contributed by atoms with van der Waals surface area (Å²) in [5.74, 6) is -0.160. The van der Waals surface area contributed by atoms with Crippen molar-refractivity contribution in [1.82, 2.24) is 0 Å². The maximum atomic E-state index is 13.6. The number of thiophene rings is 1. The first kappa shape index (κ1) is 13.5. The molecule has 0 spiro atoms. The van der Waals surface area contributed by atoms with E-state index in [-0.39, 0.29) is 11.8 Å². The van der Waals surface area contributed by atoms with Gasteiger partial charge < -0.3 is 10.5 Å². The summed E-state index contributed by atoms with van der Waals surface area (Å²) < 4.78 is 19.5. The van der Waals surface area contributed by atoms with Crippen molar-refractivity contribution in [1.29, 1.82) is 0 Å². The van der Waals surface area contributed by atoms with E-state index < -0.39 is 5.82 Å². The van der Waals surface area contributed by atoms with Crippen LogP contribution in [0.1, 0.15) is 21.4 Å². The molecule has 0 saturated carbocycles. The van der Waals surface area contributed by atoms with E-state index in [9.17, 15) is 4.39 Å². The van der Waals surface area contributed by atoms with Crippen LogP contribution in [-0.4, -0.2) is 7.11 Å². The van der Waals surface area contributed by atoms with Gasteiger partial charge in [0.1, 0.15) is 0 Å². The fraction of sp³-hybridized carbons (Fsp3) is 0.231. The molecule has 96 valence electrons. The molecule has 0 amide bonds. The highest BCUT2D eigenvalue weighted by Gasteiger charge is 2.15. The second-order valence-corrected chi connectivity index (χ2v) is 6.07. The van der Waals surface area contributed by atoms with Crippen LogP contribution in [0, 0.1) is 12.7 Å². The van der Waals surface area contributed by atoms with Crippen LogP contribution >= 0.6 is 27.3 Å². The standard InChI is InChI=1S/C13H13BrFNOS/c1-7-9(14)6-12(18-7)13(16)8-3-4-11(17-2)10(15)5-8/h3-6,13H,16H2,1-2H3. The summed E-state index contributed by atoms with van der Waals surface area (Å²) in [5, 5.41) is 0. The van der Waals surface area contributed by atoms with Crippen LogP contribution < -0.4 is 10.5 Å². The molecule has 18 heavy (non-hydrogen) atoms. The topological polar surface area (TPSA) is 35.2 Å². The third kappa shape index (κ3) is 2.58. The predicted octanol–water partition coefficient (Wildman–Crippen LogP) is 4.01. The van der Waals surface area contributed by atoms with E-state index in [1.165, 1.54) is 13.2 Å². The smallest absolute Gasteiger partial charge is 0.165 e. The predicted molar refractivity (Wildman–Crippen MR) is 75.7 cm³/mol. The summed E-state index contributed by atoms with van der Waals surface area (Å²) in [6.45, 7) is 2.01. The molecular weight excluding hydrogens is 317 g/mol. The van der Waals surface area contributed by atoms with Crippen LogP contribution in [0.4, 0.5) is 4.39 Å². The largest absolute Gasteiger partial charge is 0.494 e. The van der Waals surface area contributed by atoms with Gasteiger partial charge in [0, 0.05) is 14.2 Å². The lowest BCUT2D eigenvalue weighted by Crippen LogP contribution is -2.10. The van der Waals surface area contributed by atoms with Gasteiger partial charge in [-0.15, -0.1) is 11.3 Å². The van der Waals surface area contributed by atoms with Crippen LogP contribution in [-0.2, 0) is 0 Å². The Morgan fingerprint density at radius 3 is 2.61 bits per heavy atom. The molecule has 0 fully saturated rings. The van der Waals surface area contributed by atoms with E-state index in [1.54, 1.807) is 23.5 Å². The Kier molecular flexibility index (Phi) is 4.04. The lowest BCUT2D eigenvalue weighted by Gasteiger charge is -2.11. The first-order valence-electron chi connectivity index (χ1n) is 5.37. The van der Waals surface area contributed by atoms with Crippen LogP contribution in [0.15, 0.2) is 28.7 Å². The summed E-state index contributed by atoms with van der Waals surface area (Å²) >= 11 is 5.06. The molecule has 1 atom stereocenters. The number of nitrogens with two attached hydrogens (primary N) is 1. The Balaban J connectivity index is 2.33. The van der Waals surface area contributed by atoms with Gasteiger partial charge in [-0.25, -0.2) is 4.39 Å². The number of rotatable bonds is 3. The molecule has 5 heteroatoms. The zero-order chi connectivity index (χ0) is 13.3. The van der Waals surface area contributed by atoms with Crippen molar-refractivity contribution in [2.24, 2.45) is 5.73 Å². The van der Waals surface area contributed by atoms with E-state index in [0.29, 0.717) is 0 Å². The zero-order valence-corrected chi connectivity index (χ0v) is 12.4. The monoisotopic (exact) mass is 329 g/mol. The van der Waals surface area contributed by atoms with Gasteiger partial charge >= 0.3 is 0 Å². The number of methoxy groups -OCH3 is 1. The van der Waals surface area contributed by atoms with E-state index in [2.05, 4.69) is 15.9 Å². The van der Waals surface area contributed by atoms with Gasteiger partial charge in [-0.1, -0.05) is 6.07 Å². The second-order valence-electron chi connectivity index (χ2n) is 3.92. The Hall–Kier alpha value is -0.910. The van der Waals surface area contributed by atoms with Crippen molar-refractivity contribution in [2.45, 2.75) is 13.0 Å². The third-order valence-corrected chi connectivity index (χ3v) is 4.94. The Bertz CT molecular complexity index is 551. The Morgan fingerprint density at radius 1 is 1.39 bits per heavy atom. The average molecular weight is 330 g/mol. The van der Waals surface area contributed by atoms with Gasteiger partial charge in [0.15, 0.2) is 11.6 Å². The SMILES string of the molecule is COc1ccc(C(N)c2cc(Br)c(C)s2)cc1F. The average Bonchev–Trinajstić information content (AvgIpc) is 2.68. The molecule has 2 N–H and O–H groups in total. The molecule has 1 aromatic heterocycles. The van der Waals surface area contributed by atoms with Crippen molar-refractivity contribution in [3.63, 3.8) is 0 Å². The minimum atomic E-state index is -0.391. The van der Waals surface area contributed by atoms with Crippen LogP contribution in [0.2, 0.25) is 0 Å². The molecule has 2 nitrogen and oxygen atoms in total. The van der Waals surface area contributed by atoms with Crippen molar-refractivity contribution in [3.05, 3.63) is 49.9 Å². The minimum Gasteiger partial charge on any atom is -0.494 e. The molecule has 1 unspecified atom stereocenters. The lowest BCUT2D eigenvalue weighted by molar-refractivity contribution is 0.386. The van der Waals surface area contributed by atoms with Gasteiger partial charge in [-0.3, -0.25) is 0 Å². The molecule has 0 saturated heterocycles. The minimum absolute atomic E-state index is 0.231. The van der Waals surface area contributed by atoms with Gasteiger partial charge in [0.05, 0.1) is 13.2 Å². The Labute approximate surface area is 118 Å². The maximum Gasteiger partial charge on any atom is 0.165 e. The third-order valence-electron chi connectivity index (χ3n) is 2.72. The molecule has 2 aromatic rings. The molecular formula is C13H13BrFNOS. The summed E-state index contributed by atoms with van der Waals surface area (Å²) in [4.78, 5) is 2.17. The van der Waals surface area contributed by atoms with Crippen LogP contribution in [0.3, 0.4) is 0 Å². The fourth-order valence-electron chi connectivity index (χ4n) is 1.68. The number of benzene rings is 1. The first-order chi connectivity index (χ1) is 8.52. The highest BCUT2D eigenvalue weighted by Crippen LogP contribution is 2.33. The van der Waals surface area contributed by atoms with Crippen molar-refractivity contribution in [3.8, 4) is 5.75 Å². The van der Waals surface area contributed by atoms with Gasteiger partial charge in [-0.05, 0) is 46.6 Å². The molecule has 0 radical (unpaired) electrons. The molecule has 0 bridgehead atoms. The number of aryl methyl sites for hydroxylation is 1. The fourth-order valence-corrected chi connectivity index (χ4v) is 3.27. The lowest BCUT2D eigenvalue weighted by atomic mass is 10.1. The summed E-state index contributed by atoms with van der Waals surface area (Å²) in [6.07, 6.45) is 0. The summed E-state index contributed by atoms with van der Waals surface area (Å²) in [7, 11) is 1.44. The summed E-state index contributed by atoms with van der Waals surface area (Å²) in [6, 6.07) is 6.47. The molecule has 0 aliphatic heterocycles. The van der Waals surface area contributed by atoms with Gasteiger partial charge in [-0.2, -0.15) is 0 Å². The number of hydrogen-bond donors (Lipinski definition) is 1.